The molecule has 2 nitrogen and oxygen atoms in total. The molecule has 0 amide bonds. The van der Waals surface area contributed by atoms with Crippen LogP contribution in [0.3, 0.4) is 0 Å². The van der Waals surface area contributed by atoms with Gasteiger partial charge in [-0.2, -0.15) is 0 Å². The lowest BCUT2D eigenvalue weighted by Gasteiger charge is -2.11. The Kier molecular flexibility index (Phi) is 4.91. The monoisotopic (exact) mass is 291 g/mol. The summed E-state index contributed by atoms with van der Waals surface area (Å²) >= 11 is 0. The first kappa shape index (κ1) is 15.4. The van der Waals surface area contributed by atoms with Gasteiger partial charge >= 0.3 is 0 Å². The van der Waals surface area contributed by atoms with E-state index in [1.807, 2.05) is 13.8 Å². The summed E-state index contributed by atoms with van der Waals surface area (Å²) in [6.45, 7) is 4.44. The number of rotatable bonds is 5. The second-order valence-electron chi connectivity index (χ2n) is 5.19. The van der Waals surface area contributed by atoms with Crippen molar-refractivity contribution in [1.82, 2.24) is 5.32 Å². The molecule has 2 aromatic rings. The third kappa shape index (κ3) is 3.79. The van der Waals surface area contributed by atoms with Crippen molar-refractivity contribution in [2.24, 2.45) is 0 Å². The molecule has 4 heteroatoms. The van der Waals surface area contributed by atoms with Crippen molar-refractivity contribution < 1.29 is 13.5 Å². The highest BCUT2D eigenvalue weighted by Gasteiger charge is 2.09. The summed E-state index contributed by atoms with van der Waals surface area (Å²) in [7, 11) is 1.42. The molecule has 112 valence electrons. The molecular weight excluding hydrogens is 272 g/mol. The fourth-order valence-electron chi connectivity index (χ4n) is 2.05. The maximum Gasteiger partial charge on any atom is 0.165 e. The van der Waals surface area contributed by atoms with Gasteiger partial charge in [-0.05, 0) is 35.4 Å². The summed E-state index contributed by atoms with van der Waals surface area (Å²) in [5.74, 6) is -0.496. The van der Waals surface area contributed by atoms with Gasteiger partial charge in [0.15, 0.2) is 11.6 Å². The highest BCUT2D eigenvalue weighted by Crippen LogP contribution is 2.27. The highest BCUT2D eigenvalue weighted by atomic mass is 19.1. The normalized spacial score (nSPS) is 11.0. The van der Waals surface area contributed by atoms with E-state index in [-0.39, 0.29) is 17.6 Å². The van der Waals surface area contributed by atoms with E-state index in [2.05, 4.69) is 5.32 Å². The van der Waals surface area contributed by atoms with Crippen molar-refractivity contribution in [3.63, 3.8) is 0 Å². The maximum absolute atomic E-state index is 13.8. The molecule has 0 bridgehead atoms. The van der Waals surface area contributed by atoms with Crippen molar-refractivity contribution in [3.8, 4) is 16.9 Å². The third-order valence-corrected chi connectivity index (χ3v) is 3.23. The molecule has 0 aliphatic rings. The van der Waals surface area contributed by atoms with Crippen LogP contribution in [-0.4, -0.2) is 13.2 Å². The van der Waals surface area contributed by atoms with E-state index in [1.165, 1.54) is 19.2 Å². The van der Waals surface area contributed by atoms with Gasteiger partial charge in [-0.25, -0.2) is 8.78 Å². The zero-order chi connectivity index (χ0) is 15.4. The Morgan fingerprint density at radius 1 is 1.00 bits per heavy atom. The average molecular weight is 291 g/mol. The topological polar surface area (TPSA) is 21.3 Å². The molecule has 0 aliphatic heterocycles. The van der Waals surface area contributed by atoms with Crippen LogP contribution in [0.5, 0.6) is 5.75 Å². The van der Waals surface area contributed by atoms with Crippen LogP contribution in [0.25, 0.3) is 11.1 Å². The van der Waals surface area contributed by atoms with Gasteiger partial charge in [0, 0.05) is 18.2 Å². The number of ether oxygens (including phenoxy) is 1. The quantitative estimate of drug-likeness (QED) is 0.894. The predicted molar refractivity (Wildman–Crippen MR) is 80.3 cm³/mol. The van der Waals surface area contributed by atoms with Crippen LogP contribution in [-0.2, 0) is 6.54 Å². The van der Waals surface area contributed by atoms with Gasteiger partial charge in [0.1, 0.15) is 5.82 Å². The molecule has 0 saturated heterocycles. The molecule has 0 spiro atoms. The SMILES string of the molecule is COc1ccc(-c2ccc(F)c(CNC(C)C)c2)cc1F. The Morgan fingerprint density at radius 3 is 2.29 bits per heavy atom. The zero-order valence-corrected chi connectivity index (χ0v) is 12.4. The van der Waals surface area contributed by atoms with E-state index >= 15 is 0 Å². The van der Waals surface area contributed by atoms with Crippen LogP contribution in [0.15, 0.2) is 36.4 Å². The molecular formula is C17H19F2NO. The first-order valence-electron chi connectivity index (χ1n) is 6.87. The van der Waals surface area contributed by atoms with Crippen molar-refractivity contribution in [3.05, 3.63) is 53.6 Å². The fraction of sp³-hybridized carbons (Fsp3) is 0.294. The van der Waals surface area contributed by atoms with Crippen LogP contribution in [0.2, 0.25) is 0 Å². The maximum atomic E-state index is 13.8. The zero-order valence-electron chi connectivity index (χ0n) is 12.4. The second kappa shape index (κ2) is 6.68. The smallest absolute Gasteiger partial charge is 0.165 e. The molecule has 0 aromatic heterocycles. The highest BCUT2D eigenvalue weighted by molar-refractivity contribution is 5.65. The Labute approximate surface area is 123 Å². The number of benzene rings is 2. The average Bonchev–Trinajstić information content (AvgIpc) is 2.46. The largest absolute Gasteiger partial charge is 0.494 e. The second-order valence-corrected chi connectivity index (χ2v) is 5.19. The fourth-order valence-corrected chi connectivity index (χ4v) is 2.05. The number of hydrogen-bond acceptors (Lipinski definition) is 2. The minimum atomic E-state index is -0.429. The van der Waals surface area contributed by atoms with E-state index in [1.54, 1.807) is 24.3 Å². The summed E-state index contributed by atoms with van der Waals surface area (Å²) in [6.07, 6.45) is 0. The van der Waals surface area contributed by atoms with Crippen LogP contribution in [0, 0.1) is 11.6 Å². The van der Waals surface area contributed by atoms with Crippen molar-refractivity contribution in [2.75, 3.05) is 7.11 Å². The summed E-state index contributed by atoms with van der Waals surface area (Å²) in [5.41, 5.74) is 2.04. The van der Waals surface area contributed by atoms with Gasteiger partial charge in [-0.3, -0.25) is 0 Å². The van der Waals surface area contributed by atoms with E-state index in [4.69, 9.17) is 4.74 Å². The molecule has 0 unspecified atom stereocenters. The van der Waals surface area contributed by atoms with Crippen LogP contribution in [0.4, 0.5) is 8.78 Å². The Bertz CT molecular complexity index is 626. The van der Waals surface area contributed by atoms with Crippen molar-refractivity contribution in [1.29, 1.82) is 0 Å². The Balaban J connectivity index is 2.31. The number of methoxy groups -OCH3 is 1. The van der Waals surface area contributed by atoms with Crippen LogP contribution >= 0.6 is 0 Å². The van der Waals surface area contributed by atoms with E-state index in [9.17, 15) is 8.78 Å². The summed E-state index contributed by atoms with van der Waals surface area (Å²) < 4.78 is 32.5. The lowest BCUT2D eigenvalue weighted by Crippen LogP contribution is -2.22. The lowest BCUT2D eigenvalue weighted by atomic mass is 10.0. The molecule has 0 fully saturated rings. The molecule has 1 N–H and O–H groups in total. The summed E-state index contributed by atoms with van der Waals surface area (Å²) in [4.78, 5) is 0. The minimum Gasteiger partial charge on any atom is -0.494 e. The number of nitrogens with one attached hydrogen (secondary N) is 1. The van der Waals surface area contributed by atoms with E-state index in [0.717, 1.165) is 5.56 Å². The van der Waals surface area contributed by atoms with Gasteiger partial charge in [0.25, 0.3) is 0 Å². The molecule has 0 radical (unpaired) electrons. The first-order valence-corrected chi connectivity index (χ1v) is 6.87. The molecule has 2 aromatic carbocycles. The number of hydrogen-bond donors (Lipinski definition) is 1. The molecule has 21 heavy (non-hydrogen) atoms. The Hall–Kier alpha value is -1.94. The van der Waals surface area contributed by atoms with Crippen molar-refractivity contribution in [2.45, 2.75) is 26.4 Å². The van der Waals surface area contributed by atoms with E-state index < -0.39 is 5.82 Å². The van der Waals surface area contributed by atoms with Gasteiger partial charge in [-0.15, -0.1) is 0 Å². The molecule has 0 atom stereocenters. The molecule has 0 heterocycles. The third-order valence-electron chi connectivity index (χ3n) is 3.23. The Morgan fingerprint density at radius 2 is 1.67 bits per heavy atom. The summed E-state index contributed by atoms with van der Waals surface area (Å²) in [5, 5.41) is 3.18. The number of halogens is 2. The minimum absolute atomic E-state index is 0.197. The van der Waals surface area contributed by atoms with Gasteiger partial charge in [0.05, 0.1) is 7.11 Å². The summed E-state index contributed by atoms with van der Waals surface area (Å²) in [6, 6.07) is 9.79. The van der Waals surface area contributed by atoms with Gasteiger partial charge in [0.2, 0.25) is 0 Å². The van der Waals surface area contributed by atoms with Gasteiger partial charge in [-0.1, -0.05) is 26.0 Å². The lowest BCUT2D eigenvalue weighted by molar-refractivity contribution is 0.386. The van der Waals surface area contributed by atoms with E-state index in [0.29, 0.717) is 17.7 Å². The molecule has 0 aliphatic carbocycles. The van der Waals surface area contributed by atoms with Crippen LogP contribution in [0.1, 0.15) is 19.4 Å². The predicted octanol–water partition coefficient (Wildman–Crippen LogP) is 4.14. The van der Waals surface area contributed by atoms with Gasteiger partial charge < -0.3 is 10.1 Å². The standard InChI is InChI=1S/C17H19F2NO/c1-11(2)20-10-14-8-12(4-6-15(14)18)13-5-7-17(21-3)16(19)9-13/h4-9,11,20H,10H2,1-3H3. The van der Waals surface area contributed by atoms with Crippen molar-refractivity contribution >= 4 is 0 Å². The molecule has 2 rings (SSSR count). The molecule has 0 saturated carbocycles. The van der Waals surface area contributed by atoms with Crippen LogP contribution < -0.4 is 10.1 Å². The first-order chi connectivity index (χ1) is 10.0.